The zero-order chi connectivity index (χ0) is 29.4. The molecule has 2 fully saturated rings. The molecule has 1 heterocycles. The third kappa shape index (κ3) is 5.92. The fraction of sp³-hybridized carbons (Fsp3) is 0.447. The summed E-state index contributed by atoms with van der Waals surface area (Å²) in [6.45, 7) is 14.1. The molecule has 0 bridgehead atoms. The fourth-order valence-corrected chi connectivity index (χ4v) is 7.23. The van der Waals surface area contributed by atoms with Crippen LogP contribution in [0.4, 0.5) is 0 Å². The van der Waals surface area contributed by atoms with Crippen LogP contribution in [0.5, 0.6) is 5.75 Å². The summed E-state index contributed by atoms with van der Waals surface area (Å²) in [7, 11) is 0. The minimum Gasteiger partial charge on any atom is -0.493 e. The number of carbonyl (C=O) groups excluding carboxylic acids is 1. The normalized spacial score (nSPS) is 19.7. The second-order valence-electron chi connectivity index (χ2n) is 13.0. The Bertz CT molecular complexity index is 1470. The predicted molar refractivity (Wildman–Crippen MR) is 172 cm³/mol. The molecule has 4 nitrogen and oxygen atoms in total. The highest BCUT2D eigenvalue weighted by molar-refractivity contribution is 6.03. The number of fused-ring (bicyclic) bond motifs is 1. The monoisotopic (exact) mass is 562 g/mol. The molecule has 42 heavy (non-hydrogen) atoms. The number of nitrogens with zero attached hydrogens (tertiary/aromatic N) is 1. The molecule has 3 aromatic carbocycles. The van der Waals surface area contributed by atoms with Crippen LogP contribution in [0.2, 0.25) is 0 Å². The first-order valence-corrected chi connectivity index (χ1v) is 15.9. The van der Waals surface area contributed by atoms with Gasteiger partial charge in [0, 0.05) is 30.6 Å². The Labute approximate surface area is 252 Å². The van der Waals surface area contributed by atoms with Crippen molar-refractivity contribution in [1.29, 1.82) is 0 Å². The quantitative estimate of drug-likeness (QED) is 0.261. The minimum atomic E-state index is 0.271. The molecule has 0 aromatic heterocycles. The van der Waals surface area contributed by atoms with E-state index in [2.05, 4.69) is 99.4 Å². The van der Waals surface area contributed by atoms with Crippen molar-refractivity contribution in [3.8, 4) is 5.75 Å². The van der Waals surface area contributed by atoms with Crippen molar-refractivity contribution in [2.75, 3.05) is 19.7 Å². The zero-order valence-electron chi connectivity index (χ0n) is 26.1. The number of nitrogens with one attached hydrogen (secondary N) is 1. The van der Waals surface area contributed by atoms with Crippen LogP contribution in [0, 0.1) is 46.5 Å². The van der Waals surface area contributed by atoms with E-state index in [-0.39, 0.29) is 5.91 Å². The van der Waals surface area contributed by atoms with Crippen LogP contribution in [0.15, 0.2) is 60.2 Å². The molecule has 6 rings (SSSR count). The zero-order valence-corrected chi connectivity index (χ0v) is 26.1. The first kappa shape index (κ1) is 28.7. The van der Waals surface area contributed by atoms with Gasteiger partial charge in [0.2, 0.25) is 0 Å². The largest absolute Gasteiger partial charge is 0.493 e. The van der Waals surface area contributed by atoms with Gasteiger partial charge in [-0.05, 0) is 124 Å². The molecule has 4 heteroatoms. The lowest BCUT2D eigenvalue weighted by Gasteiger charge is -2.27. The van der Waals surface area contributed by atoms with E-state index in [0.29, 0.717) is 31.0 Å². The van der Waals surface area contributed by atoms with Gasteiger partial charge in [0.25, 0.3) is 5.91 Å². The van der Waals surface area contributed by atoms with Crippen LogP contribution in [0.1, 0.15) is 70.2 Å². The summed E-state index contributed by atoms with van der Waals surface area (Å²) < 4.78 is 6.18. The van der Waals surface area contributed by atoms with Crippen LogP contribution in [-0.4, -0.2) is 36.5 Å². The molecule has 1 N–H and O–H groups in total. The number of amides is 1. The van der Waals surface area contributed by atoms with Gasteiger partial charge in [-0.3, -0.25) is 4.79 Å². The smallest absolute Gasteiger partial charge is 0.250 e. The van der Waals surface area contributed by atoms with E-state index >= 15 is 0 Å². The maximum atomic E-state index is 14.4. The van der Waals surface area contributed by atoms with Gasteiger partial charge in [-0.25, -0.2) is 0 Å². The van der Waals surface area contributed by atoms with E-state index in [4.69, 9.17) is 4.74 Å². The van der Waals surface area contributed by atoms with E-state index in [0.717, 1.165) is 56.5 Å². The Balaban J connectivity index is 1.17. The topological polar surface area (TPSA) is 41.6 Å². The SMILES string of the molecule is Cc1cc(C)c(OCCCc2ccc(C3=C(C(=O)N(Cc4cccc(C)c4C)C4CC4)[C@@H]4CNC[C@@H]4C3)cc2)c(C)c1. The van der Waals surface area contributed by atoms with Crippen molar-refractivity contribution in [3.05, 3.63) is 105 Å². The van der Waals surface area contributed by atoms with Gasteiger partial charge in [-0.15, -0.1) is 0 Å². The fourth-order valence-electron chi connectivity index (χ4n) is 7.23. The maximum Gasteiger partial charge on any atom is 0.250 e. The summed E-state index contributed by atoms with van der Waals surface area (Å²) in [6.07, 6.45) is 5.18. The Morgan fingerprint density at radius 2 is 1.67 bits per heavy atom. The van der Waals surface area contributed by atoms with E-state index in [9.17, 15) is 4.79 Å². The van der Waals surface area contributed by atoms with Crippen LogP contribution in [0.25, 0.3) is 5.57 Å². The molecule has 0 spiro atoms. The van der Waals surface area contributed by atoms with Crippen molar-refractivity contribution < 1.29 is 9.53 Å². The number of hydrogen-bond donors (Lipinski definition) is 1. The Morgan fingerprint density at radius 3 is 2.38 bits per heavy atom. The van der Waals surface area contributed by atoms with Crippen LogP contribution < -0.4 is 10.1 Å². The van der Waals surface area contributed by atoms with Gasteiger partial charge < -0.3 is 15.0 Å². The molecule has 1 aliphatic heterocycles. The second kappa shape index (κ2) is 12.1. The van der Waals surface area contributed by atoms with Gasteiger partial charge in [0.05, 0.1) is 6.61 Å². The first-order valence-electron chi connectivity index (χ1n) is 15.9. The molecular weight excluding hydrogens is 516 g/mol. The standard InChI is InChI=1S/C38H46N2O2/c1-24-18-26(3)37(27(4)19-24)42-17-7-9-29-11-13-30(14-12-29)34-20-32-21-39-22-35(32)36(34)38(41)40(33-15-16-33)23-31-10-6-8-25(2)28(31)5/h6,8,10-14,18-19,32-33,35,39H,7,9,15-17,20-23H2,1-5H3/t32-,35+/m0/s1. The van der Waals surface area contributed by atoms with Gasteiger partial charge in [0.1, 0.15) is 5.75 Å². The van der Waals surface area contributed by atoms with Gasteiger partial charge in [-0.1, -0.05) is 60.2 Å². The van der Waals surface area contributed by atoms with Gasteiger partial charge >= 0.3 is 0 Å². The molecule has 2 aliphatic carbocycles. The molecule has 3 aromatic rings. The van der Waals surface area contributed by atoms with Crippen molar-refractivity contribution in [3.63, 3.8) is 0 Å². The highest BCUT2D eigenvalue weighted by Crippen LogP contribution is 2.46. The average molecular weight is 563 g/mol. The Morgan fingerprint density at radius 1 is 0.929 bits per heavy atom. The Hall–Kier alpha value is -3.37. The van der Waals surface area contributed by atoms with Crippen LogP contribution in [-0.2, 0) is 17.8 Å². The molecule has 0 radical (unpaired) electrons. The predicted octanol–water partition coefficient (Wildman–Crippen LogP) is 7.42. The Kier molecular flexibility index (Phi) is 8.27. The molecule has 1 saturated carbocycles. The van der Waals surface area contributed by atoms with E-state index in [1.165, 1.54) is 50.1 Å². The van der Waals surface area contributed by atoms with Crippen molar-refractivity contribution in [2.24, 2.45) is 11.8 Å². The van der Waals surface area contributed by atoms with Crippen molar-refractivity contribution in [2.45, 2.75) is 79.3 Å². The number of rotatable bonds is 10. The lowest BCUT2D eigenvalue weighted by atomic mass is 9.93. The van der Waals surface area contributed by atoms with E-state index < -0.39 is 0 Å². The van der Waals surface area contributed by atoms with Crippen molar-refractivity contribution in [1.82, 2.24) is 10.2 Å². The van der Waals surface area contributed by atoms with Crippen molar-refractivity contribution >= 4 is 11.5 Å². The lowest BCUT2D eigenvalue weighted by molar-refractivity contribution is -0.128. The third-order valence-electron chi connectivity index (χ3n) is 9.80. The number of hydrogen-bond acceptors (Lipinski definition) is 3. The molecule has 0 unspecified atom stereocenters. The second-order valence-corrected chi connectivity index (χ2v) is 13.0. The summed E-state index contributed by atoms with van der Waals surface area (Å²) in [4.78, 5) is 16.6. The maximum absolute atomic E-state index is 14.4. The summed E-state index contributed by atoms with van der Waals surface area (Å²) >= 11 is 0. The molecular formula is C38H46N2O2. The number of carbonyl (C=O) groups is 1. The van der Waals surface area contributed by atoms with E-state index in [1.807, 2.05) is 0 Å². The number of aryl methyl sites for hydroxylation is 5. The highest BCUT2D eigenvalue weighted by Gasteiger charge is 2.44. The molecule has 2 atom stereocenters. The van der Waals surface area contributed by atoms with E-state index in [1.54, 1.807) is 0 Å². The summed E-state index contributed by atoms with van der Waals surface area (Å²) in [6, 6.07) is 20.3. The molecule has 1 amide bonds. The van der Waals surface area contributed by atoms with Gasteiger partial charge in [0.15, 0.2) is 0 Å². The minimum absolute atomic E-state index is 0.271. The number of allylic oxidation sites excluding steroid dienone is 1. The summed E-state index contributed by atoms with van der Waals surface area (Å²) in [5.41, 5.74) is 12.5. The van der Waals surface area contributed by atoms with Crippen LogP contribution in [0.3, 0.4) is 0 Å². The lowest BCUT2D eigenvalue weighted by Crippen LogP contribution is -2.36. The summed E-state index contributed by atoms with van der Waals surface area (Å²) in [5.74, 6) is 2.13. The average Bonchev–Trinajstić information content (AvgIpc) is 3.59. The highest BCUT2D eigenvalue weighted by atomic mass is 16.5. The van der Waals surface area contributed by atoms with Gasteiger partial charge in [-0.2, -0.15) is 0 Å². The number of benzene rings is 3. The molecule has 1 saturated heterocycles. The number of ether oxygens (including phenoxy) is 1. The molecule has 220 valence electrons. The summed E-state index contributed by atoms with van der Waals surface area (Å²) in [5, 5.41) is 3.57. The van der Waals surface area contributed by atoms with Crippen LogP contribution >= 0.6 is 0 Å². The third-order valence-corrected chi connectivity index (χ3v) is 9.80. The first-order chi connectivity index (χ1) is 20.3. The molecule has 3 aliphatic rings.